The smallest absolute Gasteiger partial charge is 0.263 e. The van der Waals surface area contributed by atoms with Crippen LogP contribution < -0.4 is 5.32 Å². The summed E-state index contributed by atoms with van der Waals surface area (Å²) in [5.74, 6) is 0.612. The molecule has 27 heavy (non-hydrogen) atoms. The normalized spacial score (nSPS) is 16.0. The summed E-state index contributed by atoms with van der Waals surface area (Å²) in [4.78, 5) is 20.5. The third kappa shape index (κ3) is 5.63. The maximum Gasteiger partial charge on any atom is 0.263 e. The Morgan fingerprint density at radius 2 is 2.04 bits per heavy atom. The molecule has 1 aromatic carbocycles. The van der Waals surface area contributed by atoms with Gasteiger partial charge in [-0.15, -0.1) is 11.3 Å². The third-order valence-corrected chi connectivity index (χ3v) is 6.22. The van der Waals surface area contributed by atoms with Crippen LogP contribution in [0.3, 0.4) is 0 Å². The Hall–Kier alpha value is -1.72. The zero-order valence-electron chi connectivity index (χ0n) is 16.9. The van der Waals surface area contributed by atoms with Gasteiger partial charge >= 0.3 is 0 Å². The molecule has 1 amide bonds. The Morgan fingerprint density at radius 3 is 2.70 bits per heavy atom. The molecule has 0 unspecified atom stereocenters. The highest BCUT2D eigenvalue weighted by Crippen LogP contribution is 2.22. The Morgan fingerprint density at radius 1 is 1.30 bits per heavy atom. The number of nitrogens with one attached hydrogen (secondary N) is 1. The summed E-state index contributed by atoms with van der Waals surface area (Å²) in [6.45, 7) is 11.5. The second-order valence-electron chi connectivity index (χ2n) is 8.13. The van der Waals surface area contributed by atoms with Crippen molar-refractivity contribution in [2.45, 2.75) is 59.5 Å². The van der Waals surface area contributed by atoms with E-state index in [2.05, 4.69) is 60.2 Å². The number of thiazole rings is 1. The summed E-state index contributed by atoms with van der Waals surface area (Å²) in [5, 5.41) is 4.31. The Labute approximate surface area is 167 Å². The molecule has 1 fully saturated rings. The van der Waals surface area contributed by atoms with Gasteiger partial charge in [-0.3, -0.25) is 9.69 Å². The number of piperidine rings is 1. The molecule has 0 bridgehead atoms. The van der Waals surface area contributed by atoms with Gasteiger partial charge < -0.3 is 5.32 Å². The van der Waals surface area contributed by atoms with Crippen molar-refractivity contribution in [1.82, 2.24) is 15.2 Å². The van der Waals surface area contributed by atoms with Gasteiger partial charge in [0.1, 0.15) is 4.88 Å². The van der Waals surface area contributed by atoms with Gasteiger partial charge in [0.2, 0.25) is 0 Å². The predicted molar refractivity (Wildman–Crippen MR) is 112 cm³/mol. The van der Waals surface area contributed by atoms with Gasteiger partial charge in [-0.1, -0.05) is 43.7 Å². The van der Waals surface area contributed by atoms with E-state index in [1.807, 2.05) is 6.92 Å². The molecule has 2 aromatic rings. The van der Waals surface area contributed by atoms with Crippen LogP contribution in [0, 0.1) is 19.8 Å². The van der Waals surface area contributed by atoms with E-state index in [9.17, 15) is 4.79 Å². The number of rotatable bonds is 6. The highest BCUT2D eigenvalue weighted by atomic mass is 32.1. The molecule has 0 atom stereocenters. The topological polar surface area (TPSA) is 45.2 Å². The lowest BCUT2D eigenvalue weighted by Gasteiger charge is -2.32. The van der Waals surface area contributed by atoms with Crippen LogP contribution in [0.25, 0.3) is 0 Å². The number of nitrogens with zero attached hydrogens (tertiary/aromatic N) is 2. The Bertz CT molecular complexity index is 776. The average molecular weight is 386 g/mol. The predicted octanol–water partition coefficient (Wildman–Crippen LogP) is 4.35. The number of hydrogen-bond acceptors (Lipinski definition) is 4. The minimum atomic E-state index is 0.0529. The van der Waals surface area contributed by atoms with Crippen LogP contribution in [0.1, 0.15) is 58.2 Å². The fourth-order valence-corrected chi connectivity index (χ4v) is 4.83. The molecule has 0 spiro atoms. The minimum Gasteiger partial charge on any atom is -0.348 e. The highest BCUT2D eigenvalue weighted by Gasteiger charge is 2.23. The van der Waals surface area contributed by atoms with Crippen molar-refractivity contribution >= 4 is 17.2 Å². The number of aryl methyl sites for hydroxylation is 2. The van der Waals surface area contributed by atoms with Crippen LogP contribution in [-0.4, -0.2) is 34.9 Å². The number of aromatic nitrogens is 1. The van der Waals surface area contributed by atoms with E-state index in [-0.39, 0.29) is 11.9 Å². The Balaban J connectivity index is 1.50. The van der Waals surface area contributed by atoms with Gasteiger partial charge in [0.15, 0.2) is 0 Å². The molecule has 0 aliphatic carbocycles. The van der Waals surface area contributed by atoms with Crippen molar-refractivity contribution in [3.8, 4) is 0 Å². The lowest BCUT2D eigenvalue weighted by Crippen LogP contribution is -2.44. The van der Waals surface area contributed by atoms with E-state index in [1.54, 1.807) is 11.3 Å². The van der Waals surface area contributed by atoms with Crippen molar-refractivity contribution in [3.63, 3.8) is 0 Å². The van der Waals surface area contributed by atoms with Crippen molar-refractivity contribution in [2.24, 2.45) is 5.92 Å². The van der Waals surface area contributed by atoms with E-state index in [4.69, 9.17) is 0 Å². The molecule has 1 aromatic heterocycles. The minimum absolute atomic E-state index is 0.0529. The number of carbonyl (C=O) groups excluding carboxylic acids is 1. The SMILES string of the molecule is Cc1cccc(CN2CCC(NC(=O)c3sc(CC(C)C)nc3C)CC2)c1. The van der Waals surface area contributed by atoms with Crippen LogP contribution >= 0.6 is 11.3 Å². The first-order valence-electron chi connectivity index (χ1n) is 9.95. The van der Waals surface area contributed by atoms with Crippen LogP contribution in [0.15, 0.2) is 24.3 Å². The fourth-order valence-electron chi connectivity index (χ4n) is 3.65. The van der Waals surface area contributed by atoms with Crippen molar-refractivity contribution in [1.29, 1.82) is 0 Å². The van der Waals surface area contributed by atoms with Gasteiger partial charge in [-0.05, 0) is 38.2 Å². The van der Waals surface area contributed by atoms with Crippen molar-refractivity contribution < 1.29 is 4.79 Å². The molecule has 1 N–H and O–H groups in total. The molecular formula is C22H31N3OS. The zero-order valence-corrected chi connectivity index (χ0v) is 17.7. The summed E-state index contributed by atoms with van der Waals surface area (Å²) in [6, 6.07) is 8.99. The number of benzene rings is 1. The molecule has 0 saturated carbocycles. The second-order valence-corrected chi connectivity index (χ2v) is 9.22. The number of likely N-dealkylation sites (tertiary alicyclic amines) is 1. The van der Waals surface area contributed by atoms with Crippen molar-refractivity contribution in [2.75, 3.05) is 13.1 Å². The summed E-state index contributed by atoms with van der Waals surface area (Å²) in [6.07, 6.45) is 2.96. The van der Waals surface area contributed by atoms with Gasteiger partial charge in [0.25, 0.3) is 5.91 Å². The van der Waals surface area contributed by atoms with E-state index < -0.39 is 0 Å². The van der Waals surface area contributed by atoms with E-state index >= 15 is 0 Å². The van der Waals surface area contributed by atoms with Gasteiger partial charge in [-0.2, -0.15) is 0 Å². The molecule has 4 nitrogen and oxygen atoms in total. The molecule has 3 rings (SSSR count). The zero-order chi connectivity index (χ0) is 19.4. The second kappa shape index (κ2) is 8.98. The molecule has 1 aliphatic heterocycles. The van der Waals surface area contributed by atoms with Crippen LogP contribution in [0.4, 0.5) is 0 Å². The van der Waals surface area contributed by atoms with Gasteiger partial charge in [0, 0.05) is 32.1 Å². The maximum absolute atomic E-state index is 12.7. The lowest BCUT2D eigenvalue weighted by atomic mass is 10.0. The standard InChI is InChI=1S/C22H31N3OS/c1-15(2)12-20-23-17(4)21(27-20)22(26)24-19-8-10-25(11-9-19)14-18-7-5-6-16(3)13-18/h5-7,13,15,19H,8-12,14H2,1-4H3,(H,24,26). The largest absolute Gasteiger partial charge is 0.348 e. The summed E-state index contributed by atoms with van der Waals surface area (Å²) in [7, 11) is 0. The number of carbonyl (C=O) groups is 1. The molecular weight excluding hydrogens is 354 g/mol. The summed E-state index contributed by atoms with van der Waals surface area (Å²) >= 11 is 1.55. The fraction of sp³-hybridized carbons (Fsp3) is 0.545. The average Bonchev–Trinajstić information content (AvgIpc) is 2.96. The monoisotopic (exact) mass is 385 g/mol. The molecule has 2 heterocycles. The molecule has 5 heteroatoms. The van der Waals surface area contributed by atoms with E-state index in [1.165, 1.54) is 11.1 Å². The van der Waals surface area contributed by atoms with E-state index in [0.29, 0.717) is 5.92 Å². The van der Waals surface area contributed by atoms with Gasteiger partial charge in [0.05, 0.1) is 10.7 Å². The number of amides is 1. The summed E-state index contributed by atoms with van der Waals surface area (Å²) in [5.41, 5.74) is 3.55. The highest BCUT2D eigenvalue weighted by molar-refractivity contribution is 7.13. The molecule has 1 aliphatic rings. The first-order valence-corrected chi connectivity index (χ1v) is 10.8. The van der Waals surface area contributed by atoms with Crippen LogP contribution in [0.5, 0.6) is 0 Å². The molecule has 0 radical (unpaired) electrons. The van der Waals surface area contributed by atoms with Crippen LogP contribution in [0.2, 0.25) is 0 Å². The van der Waals surface area contributed by atoms with Crippen LogP contribution in [-0.2, 0) is 13.0 Å². The Kier molecular flexibility index (Phi) is 6.66. The van der Waals surface area contributed by atoms with Crippen molar-refractivity contribution in [3.05, 3.63) is 51.0 Å². The van der Waals surface area contributed by atoms with Gasteiger partial charge in [-0.25, -0.2) is 4.98 Å². The lowest BCUT2D eigenvalue weighted by molar-refractivity contribution is 0.0912. The quantitative estimate of drug-likeness (QED) is 0.804. The van der Waals surface area contributed by atoms with E-state index in [0.717, 1.165) is 54.5 Å². The molecule has 146 valence electrons. The molecule has 1 saturated heterocycles. The first-order chi connectivity index (χ1) is 12.9. The maximum atomic E-state index is 12.7. The number of hydrogen-bond donors (Lipinski definition) is 1. The third-order valence-electron chi connectivity index (χ3n) is 5.04. The first kappa shape index (κ1) is 20.0. The summed E-state index contributed by atoms with van der Waals surface area (Å²) < 4.78 is 0.